The van der Waals surface area contributed by atoms with Crippen molar-refractivity contribution >= 4 is 11.6 Å². The minimum absolute atomic E-state index is 0.0698. The van der Waals surface area contributed by atoms with Crippen LogP contribution >= 0.6 is 0 Å². The Labute approximate surface area is 174 Å². The summed E-state index contributed by atoms with van der Waals surface area (Å²) in [6, 6.07) is 6.60. The van der Waals surface area contributed by atoms with Crippen molar-refractivity contribution in [1.82, 2.24) is 5.32 Å². The Morgan fingerprint density at radius 1 is 0.967 bits per heavy atom. The Balaban J connectivity index is 1.47. The van der Waals surface area contributed by atoms with Gasteiger partial charge in [-0.1, -0.05) is 0 Å². The molecular formula is C19H30N2O9. The van der Waals surface area contributed by atoms with Crippen LogP contribution in [0.4, 0.5) is 5.69 Å². The number of aliphatic hydroxyl groups is 4. The second kappa shape index (κ2) is 12.8. The first kappa shape index (κ1) is 24.4. The van der Waals surface area contributed by atoms with E-state index >= 15 is 0 Å². The van der Waals surface area contributed by atoms with Crippen LogP contribution in [0.3, 0.4) is 0 Å². The summed E-state index contributed by atoms with van der Waals surface area (Å²) in [6.07, 6.45) is -6.52. The van der Waals surface area contributed by atoms with Gasteiger partial charge in [-0.05, 0) is 24.3 Å². The molecule has 0 spiro atoms. The molecule has 3 unspecified atom stereocenters. The lowest BCUT2D eigenvalue weighted by Crippen LogP contribution is -2.59. The number of benzene rings is 1. The summed E-state index contributed by atoms with van der Waals surface area (Å²) < 4.78 is 21.2. The number of amides is 1. The molecular weight excluding hydrogens is 400 g/mol. The number of rotatable bonds is 12. The van der Waals surface area contributed by atoms with Gasteiger partial charge in [0.15, 0.2) is 6.29 Å². The third-order valence-corrected chi connectivity index (χ3v) is 4.44. The molecule has 11 heteroatoms. The van der Waals surface area contributed by atoms with Crippen molar-refractivity contribution in [2.75, 3.05) is 51.9 Å². The first-order valence-electron chi connectivity index (χ1n) is 9.65. The minimum atomic E-state index is -1.48. The van der Waals surface area contributed by atoms with Gasteiger partial charge in [-0.25, -0.2) is 0 Å². The summed E-state index contributed by atoms with van der Waals surface area (Å²) >= 11 is 0. The van der Waals surface area contributed by atoms with Crippen LogP contribution in [0.5, 0.6) is 0 Å². The highest BCUT2D eigenvalue weighted by atomic mass is 16.7. The molecule has 0 saturated carbocycles. The van der Waals surface area contributed by atoms with Gasteiger partial charge < -0.3 is 50.4 Å². The Morgan fingerprint density at radius 2 is 1.60 bits per heavy atom. The number of ether oxygens (including phenoxy) is 4. The number of nitrogen functional groups attached to an aromatic ring is 1. The van der Waals surface area contributed by atoms with Crippen molar-refractivity contribution in [2.24, 2.45) is 0 Å². The summed E-state index contributed by atoms with van der Waals surface area (Å²) in [5.41, 5.74) is 6.69. The van der Waals surface area contributed by atoms with Crippen LogP contribution < -0.4 is 11.1 Å². The van der Waals surface area contributed by atoms with Gasteiger partial charge in [-0.2, -0.15) is 0 Å². The Bertz CT molecular complexity index is 629. The Morgan fingerprint density at radius 3 is 2.27 bits per heavy atom. The maximum absolute atomic E-state index is 11.9. The zero-order valence-electron chi connectivity index (χ0n) is 16.6. The molecule has 2 rings (SSSR count). The van der Waals surface area contributed by atoms with E-state index in [2.05, 4.69) is 5.32 Å². The van der Waals surface area contributed by atoms with Crippen molar-refractivity contribution in [1.29, 1.82) is 0 Å². The fourth-order valence-electron chi connectivity index (χ4n) is 2.72. The van der Waals surface area contributed by atoms with Gasteiger partial charge >= 0.3 is 0 Å². The van der Waals surface area contributed by atoms with Gasteiger partial charge in [0.25, 0.3) is 5.91 Å². The number of nitrogens with one attached hydrogen (secondary N) is 1. The van der Waals surface area contributed by atoms with Crippen LogP contribution in [0.15, 0.2) is 24.3 Å². The smallest absolute Gasteiger partial charge is 0.251 e. The first-order valence-corrected chi connectivity index (χ1v) is 9.65. The van der Waals surface area contributed by atoms with Gasteiger partial charge in [-0.15, -0.1) is 0 Å². The van der Waals surface area contributed by atoms with Gasteiger partial charge in [0.05, 0.1) is 39.6 Å². The SMILES string of the molecule is Nc1ccc(C(=O)NCCOCCOCCO[C@H]2OC(CO)[C@@H](O)C(O)C2O)cc1. The van der Waals surface area contributed by atoms with E-state index in [-0.39, 0.29) is 19.1 Å². The largest absolute Gasteiger partial charge is 0.399 e. The van der Waals surface area contributed by atoms with Crippen molar-refractivity contribution in [3.63, 3.8) is 0 Å². The lowest BCUT2D eigenvalue weighted by Gasteiger charge is -2.39. The molecule has 1 aliphatic heterocycles. The second-order valence-corrected chi connectivity index (χ2v) is 6.67. The monoisotopic (exact) mass is 430 g/mol. The standard InChI is InChI=1S/C19H30N2O9/c20-13-3-1-12(2-4-13)18(26)21-5-6-27-7-8-28-9-10-29-19-17(25)16(24)15(23)14(11-22)30-19/h1-4,14-17,19,22-25H,5-11,20H2,(H,21,26)/t14?,15-,16?,17?,19+/m1/s1. The fourth-order valence-corrected chi connectivity index (χ4v) is 2.72. The Kier molecular flexibility index (Phi) is 10.4. The number of aliphatic hydroxyl groups excluding tert-OH is 4. The number of anilines is 1. The summed E-state index contributed by atoms with van der Waals surface area (Å²) in [5, 5.41) is 41.0. The summed E-state index contributed by atoms with van der Waals surface area (Å²) in [6.45, 7) is 1.03. The molecule has 1 fully saturated rings. The molecule has 1 aliphatic rings. The molecule has 0 bridgehead atoms. The Hall–Kier alpha value is -1.83. The van der Waals surface area contributed by atoms with E-state index in [4.69, 9.17) is 29.8 Å². The average molecular weight is 430 g/mol. The van der Waals surface area contributed by atoms with E-state index in [9.17, 15) is 20.1 Å². The van der Waals surface area contributed by atoms with E-state index in [0.29, 0.717) is 37.6 Å². The van der Waals surface area contributed by atoms with Gasteiger partial charge in [0.2, 0.25) is 0 Å². The quantitative estimate of drug-likeness (QED) is 0.158. The fraction of sp³-hybridized carbons (Fsp3) is 0.632. The molecule has 1 aromatic rings. The molecule has 1 heterocycles. The lowest BCUT2D eigenvalue weighted by molar-refractivity contribution is -0.302. The molecule has 170 valence electrons. The molecule has 0 aromatic heterocycles. The highest BCUT2D eigenvalue weighted by Gasteiger charge is 2.43. The first-order chi connectivity index (χ1) is 14.4. The summed E-state index contributed by atoms with van der Waals surface area (Å²) in [7, 11) is 0. The number of nitrogens with two attached hydrogens (primary N) is 1. The highest BCUT2D eigenvalue weighted by molar-refractivity contribution is 5.94. The van der Waals surface area contributed by atoms with Crippen LogP contribution in [-0.4, -0.2) is 103 Å². The zero-order valence-corrected chi connectivity index (χ0v) is 16.6. The van der Waals surface area contributed by atoms with Crippen molar-refractivity contribution in [3.8, 4) is 0 Å². The van der Waals surface area contributed by atoms with Crippen molar-refractivity contribution < 1.29 is 44.2 Å². The third kappa shape index (κ3) is 7.45. The second-order valence-electron chi connectivity index (χ2n) is 6.67. The van der Waals surface area contributed by atoms with Gasteiger partial charge in [0.1, 0.15) is 24.4 Å². The van der Waals surface area contributed by atoms with E-state index in [0.717, 1.165) is 0 Å². The molecule has 1 aromatic carbocycles. The third-order valence-electron chi connectivity index (χ3n) is 4.44. The molecule has 0 radical (unpaired) electrons. The molecule has 0 aliphatic carbocycles. The maximum atomic E-state index is 11.9. The van der Waals surface area contributed by atoms with E-state index < -0.39 is 37.3 Å². The van der Waals surface area contributed by atoms with Crippen molar-refractivity contribution in [2.45, 2.75) is 30.7 Å². The molecule has 1 saturated heterocycles. The van der Waals surface area contributed by atoms with E-state index in [1.165, 1.54) is 0 Å². The van der Waals surface area contributed by atoms with E-state index in [1.807, 2.05) is 0 Å². The van der Waals surface area contributed by atoms with Crippen molar-refractivity contribution in [3.05, 3.63) is 29.8 Å². The molecule has 7 N–H and O–H groups in total. The lowest BCUT2D eigenvalue weighted by atomic mass is 9.99. The van der Waals surface area contributed by atoms with Gasteiger partial charge in [0, 0.05) is 17.8 Å². The molecule has 1 amide bonds. The zero-order chi connectivity index (χ0) is 21.9. The number of hydrogen-bond donors (Lipinski definition) is 6. The normalized spacial score (nSPS) is 26.5. The van der Waals surface area contributed by atoms with E-state index in [1.54, 1.807) is 24.3 Å². The number of carbonyl (C=O) groups is 1. The van der Waals surface area contributed by atoms with Crippen LogP contribution in [-0.2, 0) is 18.9 Å². The predicted octanol–water partition coefficient (Wildman–Crippen LogP) is -2.15. The molecule has 11 nitrogen and oxygen atoms in total. The maximum Gasteiger partial charge on any atom is 0.251 e. The topological polar surface area (TPSA) is 173 Å². The molecule has 30 heavy (non-hydrogen) atoms. The summed E-state index contributed by atoms with van der Waals surface area (Å²) in [4.78, 5) is 11.9. The number of hydrogen-bond acceptors (Lipinski definition) is 10. The van der Waals surface area contributed by atoms with Crippen LogP contribution in [0.25, 0.3) is 0 Å². The summed E-state index contributed by atoms with van der Waals surface area (Å²) in [5.74, 6) is -0.208. The molecule has 5 atom stereocenters. The van der Waals surface area contributed by atoms with Crippen LogP contribution in [0.2, 0.25) is 0 Å². The van der Waals surface area contributed by atoms with Gasteiger partial charge in [-0.3, -0.25) is 4.79 Å². The highest BCUT2D eigenvalue weighted by Crippen LogP contribution is 2.21. The average Bonchev–Trinajstić information content (AvgIpc) is 2.75. The number of carbonyl (C=O) groups excluding carboxylic acids is 1. The predicted molar refractivity (Wildman–Crippen MR) is 105 cm³/mol. The minimum Gasteiger partial charge on any atom is -0.399 e. The van der Waals surface area contributed by atoms with Crippen LogP contribution in [0, 0.1) is 0 Å². The van der Waals surface area contributed by atoms with Crippen LogP contribution in [0.1, 0.15) is 10.4 Å².